The Kier molecular flexibility index (Phi) is 7.60. The summed E-state index contributed by atoms with van der Waals surface area (Å²) in [5.41, 5.74) is -0.823. The highest BCUT2D eigenvalue weighted by Crippen LogP contribution is 2.65. The van der Waals surface area contributed by atoms with Crippen LogP contribution in [-0.4, -0.2) is 35.1 Å². The molecule has 4 aliphatic carbocycles. The normalized spacial score (nSPS) is 33.9. The van der Waals surface area contributed by atoms with Crippen LogP contribution in [0.15, 0.2) is 0 Å². The molecule has 6 heteroatoms. The van der Waals surface area contributed by atoms with Crippen molar-refractivity contribution in [3.8, 4) is 0 Å². The summed E-state index contributed by atoms with van der Waals surface area (Å²) in [4.78, 5) is 41.9. The van der Waals surface area contributed by atoms with Gasteiger partial charge >= 0.3 is 11.9 Å². The topological polar surface area (TPSA) is 72.9 Å². The Morgan fingerprint density at radius 3 is 1.97 bits per heavy atom. The molecule has 0 N–H and O–H groups in total. The number of hydroxylamine groups is 2. The molecule has 0 radical (unpaired) electrons. The average molecular weight is 490 g/mol. The summed E-state index contributed by atoms with van der Waals surface area (Å²) < 4.78 is 5.51. The number of hydrogen-bond donors (Lipinski definition) is 0. The molecule has 35 heavy (non-hydrogen) atoms. The zero-order valence-corrected chi connectivity index (χ0v) is 22.8. The predicted molar refractivity (Wildman–Crippen MR) is 134 cm³/mol. The molecule has 0 aromatic heterocycles. The van der Waals surface area contributed by atoms with Gasteiger partial charge in [-0.05, 0) is 109 Å². The minimum atomic E-state index is -0.515. The number of carbonyl (C=O) groups excluding carboxylic acids is 3. The first-order chi connectivity index (χ1) is 16.5. The standard InChI is InChI=1S/C17H25NO3.C12H22O2/c1-4-17(2,3)16(20)21-18-14-12-8-11(13(14)15(18)19)9-6-5-7-10(9)12;1-4-12(2,3)11(13)14-10-8-6-5-7-9-10/h9-14H,4-8H2,1-3H3;10H,4-9H2,1-3H3. The molecule has 1 heterocycles. The van der Waals surface area contributed by atoms with E-state index in [4.69, 9.17) is 9.57 Å². The van der Waals surface area contributed by atoms with Crippen molar-refractivity contribution in [2.24, 2.45) is 40.4 Å². The van der Waals surface area contributed by atoms with Crippen molar-refractivity contribution in [3.05, 3.63) is 0 Å². The second-order valence-corrected chi connectivity index (χ2v) is 13.0. The fourth-order valence-electron chi connectivity index (χ4n) is 7.03. The molecule has 6 unspecified atom stereocenters. The van der Waals surface area contributed by atoms with Crippen LogP contribution in [0.3, 0.4) is 0 Å². The highest BCUT2D eigenvalue weighted by molar-refractivity contribution is 5.88. The lowest BCUT2D eigenvalue weighted by Crippen LogP contribution is -2.65. The lowest BCUT2D eigenvalue weighted by molar-refractivity contribution is -0.254. The van der Waals surface area contributed by atoms with E-state index >= 15 is 0 Å². The van der Waals surface area contributed by atoms with Crippen molar-refractivity contribution < 1.29 is 24.0 Å². The van der Waals surface area contributed by atoms with E-state index < -0.39 is 5.41 Å². The summed E-state index contributed by atoms with van der Waals surface area (Å²) in [5, 5.41) is 1.45. The van der Waals surface area contributed by atoms with E-state index in [1.54, 1.807) is 0 Å². The first-order valence-electron chi connectivity index (χ1n) is 14.3. The average Bonchev–Trinajstić information content (AvgIpc) is 3.54. The Bertz CT molecular complexity index is 814. The number of esters is 1. The Balaban J connectivity index is 0.000000181. The van der Waals surface area contributed by atoms with Gasteiger partial charge in [-0.3, -0.25) is 9.59 Å². The molecule has 0 spiro atoms. The van der Waals surface area contributed by atoms with E-state index in [0.717, 1.165) is 37.5 Å². The molecular weight excluding hydrogens is 442 g/mol. The summed E-state index contributed by atoms with van der Waals surface area (Å²) >= 11 is 0. The number of nitrogens with zero attached hydrogens (tertiary/aromatic N) is 1. The van der Waals surface area contributed by atoms with E-state index in [0.29, 0.717) is 11.8 Å². The molecule has 1 amide bonds. The third-order valence-electron chi connectivity index (χ3n) is 10.2. The van der Waals surface area contributed by atoms with Gasteiger partial charge in [-0.15, -0.1) is 0 Å². The molecule has 5 aliphatic rings. The van der Waals surface area contributed by atoms with Crippen molar-refractivity contribution in [3.63, 3.8) is 0 Å². The molecule has 6 atom stereocenters. The fraction of sp³-hybridized carbons (Fsp3) is 0.897. The molecule has 6 nitrogen and oxygen atoms in total. The van der Waals surface area contributed by atoms with Crippen LogP contribution in [0.5, 0.6) is 0 Å². The summed E-state index contributed by atoms with van der Waals surface area (Å²) in [6, 6.07) is 0.193. The molecule has 5 rings (SSSR count). The molecule has 5 fully saturated rings. The minimum Gasteiger partial charge on any atom is -0.462 e. The van der Waals surface area contributed by atoms with E-state index in [9.17, 15) is 14.4 Å². The first-order valence-corrected chi connectivity index (χ1v) is 14.3. The van der Waals surface area contributed by atoms with Gasteiger partial charge in [0.25, 0.3) is 5.91 Å². The largest absolute Gasteiger partial charge is 0.462 e. The van der Waals surface area contributed by atoms with Crippen molar-refractivity contribution in [1.29, 1.82) is 0 Å². The number of rotatable bonds is 6. The quantitative estimate of drug-likeness (QED) is 0.334. The van der Waals surface area contributed by atoms with E-state index in [2.05, 4.69) is 0 Å². The number of fused-ring (bicyclic) bond motifs is 8. The van der Waals surface area contributed by atoms with Gasteiger partial charge in [-0.25, -0.2) is 4.79 Å². The SMILES string of the molecule is CCC(C)(C)C(=O)OC1CCCCC1.CCC(C)(C)C(=O)ON1C(=O)C2C3CC(C4CCCC43)C21. The van der Waals surface area contributed by atoms with Crippen LogP contribution in [0, 0.1) is 40.4 Å². The molecular formula is C29H47NO5. The molecule has 1 saturated heterocycles. The summed E-state index contributed by atoms with van der Waals surface area (Å²) in [7, 11) is 0. The van der Waals surface area contributed by atoms with Crippen LogP contribution in [0.4, 0.5) is 0 Å². The second kappa shape index (κ2) is 10.0. The predicted octanol–water partition coefficient (Wildman–Crippen LogP) is 6.07. The summed E-state index contributed by atoms with van der Waals surface area (Å²) in [6.07, 6.45) is 12.7. The first kappa shape index (κ1) is 26.5. The fourth-order valence-corrected chi connectivity index (χ4v) is 7.03. The van der Waals surface area contributed by atoms with Gasteiger partial charge in [0.1, 0.15) is 6.10 Å². The van der Waals surface area contributed by atoms with E-state index in [1.165, 1.54) is 50.0 Å². The third-order valence-corrected chi connectivity index (χ3v) is 10.2. The van der Waals surface area contributed by atoms with Gasteiger partial charge in [0.2, 0.25) is 0 Å². The Hall–Kier alpha value is -1.59. The van der Waals surface area contributed by atoms with Crippen LogP contribution in [-0.2, 0) is 24.0 Å². The van der Waals surface area contributed by atoms with Crippen molar-refractivity contribution >= 4 is 17.8 Å². The summed E-state index contributed by atoms with van der Waals surface area (Å²) in [6.45, 7) is 11.7. The van der Waals surface area contributed by atoms with Crippen LogP contribution in [0.2, 0.25) is 0 Å². The Morgan fingerprint density at radius 2 is 1.37 bits per heavy atom. The molecule has 1 aliphatic heterocycles. The van der Waals surface area contributed by atoms with Gasteiger partial charge in [0.15, 0.2) is 0 Å². The molecule has 0 aromatic rings. The van der Waals surface area contributed by atoms with Crippen LogP contribution < -0.4 is 0 Å². The van der Waals surface area contributed by atoms with Gasteiger partial charge in [-0.1, -0.05) is 26.7 Å². The second-order valence-electron chi connectivity index (χ2n) is 13.0. The van der Waals surface area contributed by atoms with Gasteiger partial charge in [0.05, 0.1) is 22.8 Å². The van der Waals surface area contributed by atoms with E-state index in [1.807, 2.05) is 41.5 Å². The number of hydrogen-bond acceptors (Lipinski definition) is 5. The molecule has 2 bridgehead atoms. The Morgan fingerprint density at radius 1 is 0.800 bits per heavy atom. The van der Waals surface area contributed by atoms with Crippen molar-refractivity contribution in [1.82, 2.24) is 5.06 Å². The van der Waals surface area contributed by atoms with E-state index in [-0.39, 0.29) is 41.3 Å². The zero-order valence-electron chi connectivity index (χ0n) is 22.8. The maximum atomic E-state index is 12.4. The monoisotopic (exact) mass is 489 g/mol. The third kappa shape index (κ3) is 4.87. The smallest absolute Gasteiger partial charge is 0.338 e. The number of amides is 1. The van der Waals surface area contributed by atoms with Gasteiger partial charge in [0, 0.05) is 0 Å². The molecule has 0 aromatic carbocycles. The molecule has 198 valence electrons. The van der Waals surface area contributed by atoms with Crippen molar-refractivity contribution in [2.75, 3.05) is 0 Å². The highest BCUT2D eigenvalue weighted by atomic mass is 16.7. The van der Waals surface area contributed by atoms with Crippen LogP contribution in [0.1, 0.15) is 112 Å². The lowest BCUT2D eigenvalue weighted by atomic mass is 9.68. The van der Waals surface area contributed by atoms with Crippen LogP contribution >= 0.6 is 0 Å². The maximum Gasteiger partial charge on any atom is 0.338 e. The van der Waals surface area contributed by atoms with Crippen LogP contribution in [0.25, 0.3) is 0 Å². The number of carbonyl (C=O) groups is 3. The minimum absolute atomic E-state index is 0.0214. The maximum absolute atomic E-state index is 12.4. The number of β-lactam (4-membered cyclic amide) rings is 1. The zero-order chi connectivity index (χ0) is 25.5. The summed E-state index contributed by atoms with van der Waals surface area (Å²) in [5.74, 6) is 2.67. The highest BCUT2D eigenvalue weighted by Gasteiger charge is 2.70. The van der Waals surface area contributed by atoms with Gasteiger partial charge in [-0.2, -0.15) is 5.06 Å². The number of ether oxygens (including phenoxy) is 1. The van der Waals surface area contributed by atoms with Gasteiger partial charge < -0.3 is 9.57 Å². The Labute approximate surface area is 211 Å². The van der Waals surface area contributed by atoms with Crippen molar-refractivity contribution in [2.45, 2.75) is 124 Å². The molecule has 4 saturated carbocycles. The lowest BCUT2D eigenvalue weighted by Gasteiger charge is -2.50.